The van der Waals surface area contributed by atoms with E-state index in [9.17, 15) is 0 Å². The maximum Gasteiger partial charge on any atom is -0.147 e. The second kappa shape index (κ2) is 9.08. The quantitative estimate of drug-likeness (QED) is 0.595. The van der Waals surface area contributed by atoms with Gasteiger partial charge in [0.15, 0.2) is 0 Å². The molecule has 1 atom stereocenters. The van der Waals surface area contributed by atoms with E-state index in [-0.39, 0.29) is 24.8 Å². The van der Waals surface area contributed by atoms with E-state index in [4.69, 9.17) is 3.32 Å². The molecule has 0 saturated carbocycles. The number of para-hydroxylation sites is 1. The van der Waals surface area contributed by atoms with E-state index < -0.39 is 17.8 Å². The molecule has 0 saturated heterocycles. The van der Waals surface area contributed by atoms with E-state index in [1.54, 1.807) is 3.88 Å². The van der Waals surface area contributed by atoms with E-state index in [1.165, 1.54) is 20.5 Å². The average Bonchev–Trinajstić information content (AvgIpc) is 2.62. The average molecular weight is 377 g/mol. The van der Waals surface area contributed by atoms with Crippen molar-refractivity contribution in [3.8, 4) is 5.75 Å². The summed E-state index contributed by atoms with van der Waals surface area (Å²) in [6.45, 7) is 13.6. The number of halogens is 2. The Morgan fingerprint density at radius 1 is 0.955 bits per heavy atom. The first-order valence-corrected chi connectivity index (χ1v) is 9.42. The van der Waals surface area contributed by atoms with Gasteiger partial charge in [-0.1, -0.05) is 0 Å². The van der Waals surface area contributed by atoms with Gasteiger partial charge in [0.05, 0.1) is 0 Å². The summed E-state index contributed by atoms with van der Waals surface area (Å²) in [5.41, 5.74) is 4.46. The van der Waals surface area contributed by atoms with Crippen molar-refractivity contribution in [2.24, 2.45) is 5.92 Å². The molecule has 1 aliphatic carbocycles. The Balaban J connectivity index is 0.00000220. The monoisotopic (exact) mass is 376 g/mol. The Labute approximate surface area is 153 Å². The van der Waals surface area contributed by atoms with Crippen LogP contribution in [0.4, 0.5) is 0 Å². The number of hydrogen-bond acceptors (Lipinski definition) is 1. The predicted octanol–water partition coefficient (Wildman–Crippen LogP) is 5.91. The fourth-order valence-electron chi connectivity index (χ4n) is 2.76. The zero-order valence-corrected chi connectivity index (χ0v) is 17.4. The Morgan fingerprint density at radius 2 is 1.50 bits per heavy atom. The molecular formula is C18H26Cl2OTi. The third kappa shape index (κ3) is 4.35. The summed E-state index contributed by atoms with van der Waals surface area (Å²) in [5, 5.41) is 0. The van der Waals surface area contributed by atoms with Gasteiger partial charge in [0.1, 0.15) is 0 Å². The van der Waals surface area contributed by atoms with Crippen LogP contribution in [0.25, 0.3) is 0 Å². The van der Waals surface area contributed by atoms with Crippen molar-refractivity contribution in [1.82, 2.24) is 0 Å². The van der Waals surface area contributed by atoms with Crippen molar-refractivity contribution in [2.75, 3.05) is 0 Å². The van der Waals surface area contributed by atoms with E-state index in [0.717, 1.165) is 5.75 Å². The standard InChI is InChI=1S/C9H13.C6H6O.C3H6.2ClH.Ti/c1-6-5-7(2)9(4)8(6)3;7-6-4-2-1-3-5-6;1-3-2;;;/h6H,1-4H3;1-5,7H;1-2H3;2*1H;/q;;;;;+1/p-1. The molecule has 0 aliphatic heterocycles. The van der Waals surface area contributed by atoms with Gasteiger partial charge < -0.3 is 0 Å². The van der Waals surface area contributed by atoms with E-state index in [2.05, 4.69) is 53.7 Å². The van der Waals surface area contributed by atoms with Crippen LogP contribution in [-0.4, -0.2) is 3.81 Å². The summed E-state index contributed by atoms with van der Waals surface area (Å²) in [6, 6.07) is 10.3. The van der Waals surface area contributed by atoms with Crippen LogP contribution in [0.15, 0.2) is 50.9 Å². The number of benzene rings is 1. The molecule has 1 aliphatic rings. The van der Waals surface area contributed by atoms with Crippen molar-refractivity contribution >= 4 is 28.6 Å². The minimum Gasteiger partial charge on any atom is -0.147 e. The van der Waals surface area contributed by atoms with Crippen LogP contribution < -0.4 is 3.32 Å². The summed E-state index contributed by atoms with van der Waals surface area (Å²) in [7, 11) is 0. The summed E-state index contributed by atoms with van der Waals surface area (Å²) in [5.74, 6) is 1.56. The summed E-state index contributed by atoms with van der Waals surface area (Å²) >= 11 is -1.84. The Morgan fingerprint density at radius 3 is 1.91 bits per heavy atom. The largest absolute Gasteiger partial charge is 0.147 e. The Bertz CT molecular complexity index is 611. The van der Waals surface area contributed by atoms with E-state index >= 15 is 0 Å². The molecule has 0 N–H and O–H groups in total. The molecule has 2 rings (SSSR count). The number of rotatable bonds is 3. The zero-order chi connectivity index (χ0) is 14.9. The molecule has 1 nitrogen and oxygen atoms in total. The molecule has 122 valence electrons. The second-order valence-electron chi connectivity index (χ2n) is 5.81. The second-order valence-corrected chi connectivity index (χ2v) is 9.56. The van der Waals surface area contributed by atoms with Gasteiger partial charge in [-0.25, -0.2) is 0 Å². The molecule has 22 heavy (non-hydrogen) atoms. The molecule has 1 aromatic rings. The predicted molar refractivity (Wildman–Crippen MR) is 98.2 cm³/mol. The molecule has 0 heterocycles. The van der Waals surface area contributed by atoms with Gasteiger partial charge in [-0.2, -0.15) is 0 Å². The van der Waals surface area contributed by atoms with E-state index in [1.807, 2.05) is 18.2 Å². The number of hydrogen-bond donors (Lipinski definition) is 0. The zero-order valence-electron chi connectivity index (χ0n) is 14.2. The van der Waals surface area contributed by atoms with Crippen LogP contribution in [0.3, 0.4) is 0 Å². The molecule has 1 unspecified atom stereocenters. The van der Waals surface area contributed by atoms with Gasteiger partial charge in [-0.05, 0) is 0 Å². The molecule has 0 radical (unpaired) electrons. The van der Waals surface area contributed by atoms with Gasteiger partial charge >= 0.3 is 129 Å². The van der Waals surface area contributed by atoms with Crippen molar-refractivity contribution in [1.29, 1.82) is 0 Å². The molecule has 0 bridgehead atoms. The van der Waals surface area contributed by atoms with Crippen molar-refractivity contribution < 1.29 is 21.1 Å². The fourth-order valence-corrected chi connectivity index (χ4v) is 6.45. The van der Waals surface area contributed by atoms with Gasteiger partial charge in [-0.3, -0.25) is 0 Å². The number of allylic oxidation sites excluding steroid dienone is 4. The topological polar surface area (TPSA) is 9.23 Å². The Hall–Kier alpha value is -0.336. The third-order valence-electron chi connectivity index (χ3n) is 4.30. The molecule has 0 fully saturated rings. The van der Waals surface area contributed by atoms with Crippen LogP contribution in [0.5, 0.6) is 5.75 Å². The molecule has 0 spiro atoms. The first kappa shape index (κ1) is 21.7. The van der Waals surface area contributed by atoms with Crippen LogP contribution in [0.1, 0.15) is 41.5 Å². The smallest absolute Gasteiger partial charge is 0.147 e. The summed E-state index contributed by atoms with van der Waals surface area (Å²) in [6.07, 6.45) is 0. The van der Waals surface area contributed by atoms with Gasteiger partial charge in [0.25, 0.3) is 0 Å². The Kier molecular flexibility index (Phi) is 8.94. The summed E-state index contributed by atoms with van der Waals surface area (Å²) < 4.78 is 9.50. The van der Waals surface area contributed by atoms with Gasteiger partial charge in [0.2, 0.25) is 0 Å². The van der Waals surface area contributed by atoms with E-state index in [0.29, 0.717) is 5.92 Å². The molecule has 0 aromatic heterocycles. The maximum atomic E-state index is 6.44. The molecular weight excluding hydrogens is 351 g/mol. The SMILES string of the molecule is CC1=C(C)C(C)[C]([Ti]([O]c2ccccc2)=[C](C)C)=C1C.Cl.Cl. The van der Waals surface area contributed by atoms with Gasteiger partial charge in [-0.15, -0.1) is 24.8 Å². The van der Waals surface area contributed by atoms with Crippen LogP contribution in [0.2, 0.25) is 0 Å². The van der Waals surface area contributed by atoms with Crippen LogP contribution in [0, 0.1) is 5.92 Å². The molecule has 4 heteroatoms. The normalized spacial score (nSPS) is 16.9. The minimum atomic E-state index is -1.84. The van der Waals surface area contributed by atoms with Crippen molar-refractivity contribution in [3.63, 3.8) is 0 Å². The van der Waals surface area contributed by atoms with Gasteiger partial charge in [0, 0.05) is 0 Å². The first-order chi connectivity index (χ1) is 9.43. The molecule has 0 amide bonds. The summed E-state index contributed by atoms with van der Waals surface area (Å²) in [4.78, 5) is 0. The molecule has 1 aromatic carbocycles. The van der Waals surface area contributed by atoms with Crippen LogP contribution >= 0.6 is 24.8 Å². The fraction of sp³-hybridized carbons (Fsp3) is 0.389. The third-order valence-corrected chi connectivity index (χ3v) is 8.43. The maximum absolute atomic E-state index is 6.44. The first-order valence-electron chi connectivity index (χ1n) is 7.22. The minimum absolute atomic E-state index is 0. The van der Waals surface area contributed by atoms with Crippen molar-refractivity contribution in [2.45, 2.75) is 41.5 Å². The van der Waals surface area contributed by atoms with Crippen LogP contribution in [-0.2, 0) is 17.8 Å². The van der Waals surface area contributed by atoms with Crippen molar-refractivity contribution in [3.05, 3.63) is 50.9 Å².